The molecule has 1 aromatic rings. The molecule has 1 atom stereocenters. The molecule has 1 heterocycles. The van der Waals surface area contributed by atoms with Crippen molar-refractivity contribution in [2.24, 2.45) is 0 Å². The molecule has 0 aliphatic carbocycles. The summed E-state index contributed by atoms with van der Waals surface area (Å²) in [6.07, 6.45) is 1.50. The van der Waals surface area contributed by atoms with Crippen molar-refractivity contribution in [2.75, 3.05) is 20.3 Å². The zero-order chi connectivity index (χ0) is 13.0. The van der Waals surface area contributed by atoms with Gasteiger partial charge in [-0.1, -0.05) is 12.1 Å². The maximum atomic E-state index is 13.6. The zero-order valence-electron chi connectivity index (χ0n) is 10.2. The molecule has 1 aliphatic heterocycles. The first-order valence-electron chi connectivity index (χ1n) is 5.92. The maximum Gasteiger partial charge on any atom is 0.246 e. The Kier molecular flexibility index (Phi) is 4.15. The average Bonchev–Trinajstić information content (AvgIpc) is 2.54. The van der Waals surface area contributed by atoms with Gasteiger partial charge in [0.15, 0.2) is 11.6 Å². The quantitative estimate of drug-likeness (QED) is 0.893. The van der Waals surface area contributed by atoms with Gasteiger partial charge in [0.25, 0.3) is 0 Å². The van der Waals surface area contributed by atoms with Gasteiger partial charge in [-0.2, -0.15) is 0 Å². The van der Waals surface area contributed by atoms with Gasteiger partial charge >= 0.3 is 0 Å². The largest absolute Gasteiger partial charge is 0.490 e. The molecule has 2 rings (SSSR count). The van der Waals surface area contributed by atoms with Crippen LogP contribution in [0, 0.1) is 5.82 Å². The van der Waals surface area contributed by atoms with Crippen LogP contribution in [0.25, 0.3) is 0 Å². The number of methoxy groups -OCH3 is 1. The summed E-state index contributed by atoms with van der Waals surface area (Å²) in [5.74, 6) is -0.349. The van der Waals surface area contributed by atoms with Gasteiger partial charge in [0.2, 0.25) is 5.91 Å². The number of ether oxygens (including phenoxy) is 2. The van der Waals surface area contributed by atoms with Crippen LogP contribution in [-0.4, -0.2) is 26.2 Å². The van der Waals surface area contributed by atoms with Crippen LogP contribution in [0.2, 0.25) is 0 Å². The summed E-state index contributed by atoms with van der Waals surface area (Å²) in [6, 6.07) is 4.54. The number of amides is 1. The molecular formula is C13H16FNO3. The monoisotopic (exact) mass is 253 g/mol. The molecule has 1 N–H and O–H groups in total. The first-order valence-corrected chi connectivity index (χ1v) is 5.92. The number of benzene rings is 1. The van der Waals surface area contributed by atoms with Gasteiger partial charge in [-0.05, 0) is 18.9 Å². The molecule has 98 valence electrons. The number of hydrogen-bond acceptors (Lipinski definition) is 3. The predicted octanol–water partition coefficient (Wildman–Crippen LogP) is 1.80. The SMILES string of the molecule is COCC(=O)NC1CCCOc2c(F)cccc21. The van der Waals surface area contributed by atoms with Crippen molar-refractivity contribution >= 4 is 5.91 Å². The molecule has 18 heavy (non-hydrogen) atoms. The standard InChI is InChI=1S/C13H16FNO3/c1-17-8-12(16)15-11-6-3-7-18-13-9(11)4-2-5-10(13)14/h2,4-5,11H,3,6-8H2,1H3,(H,15,16). The Hall–Kier alpha value is -1.62. The van der Waals surface area contributed by atoms with E-state index in [0.717, 1.165) is 12.8 Å². The summed E-state index contributed by atoms with van der Waals surface area (Å²) in [7, 11) is 1.46. The Morgan fingerprint density at radius 2 is 2.44 bits per heavy atom. The summed E-state index contributed by atoms with van der Waals surface area (Å²) in [4.78, 5) is 11.5. The molecule has 0 radical (unpaired) electrons. The van der Waals surface area contributed by atoms with E-state index in [4.69, 9.17) is 9.47 Å². The Morgan fingerprint density at radius 1 is 1.61 bits per heavy atom. The third-order valence-electron chi connectivity index (χ3n) is 2.87. The van der Waals surface area contributed by atoms with Crippen molar-refractivity contribution in [1.82, 2.24) is 5.32 Å². The summed E-state index contributed by atoms with van der Waals surface area (Å²) in [5.41, 5.74) is 0.692. The van der Waals surface area contributed by atoms with Crippen LogP contribution in [0.5, 0.6) is 5.75 Å². The highest BCUT2D eigenvalue weighted by atomic mass is 19.1. The number of hydrogen-bond donors (Lipinski definition) is 1. The molecule has 0 aromatic heterocycles. The Balaban J connectivity index is 2.22. The number of fused-ring (bicyclic) bond motifs is 1. The fourth-order valence-corrected chi connectivity index (χ4v) is 2.09. The van der Waals surface area contributed by atoms with E-state index >= 15 is 0 Å². The topological polar surface area (TPSA) is 47.6 Å². The Morgan fingerprint density at radius 3 is 3.22 bits per heavy atom. The second kappa shape index (κ2) is 5.82. The van der Waals surface area contributed by atoms with Crippen molar-refractivity contribution in [3.05, 3.63) is 29.6 Å². The molecule has 0 spiro atoms. The third kappa shape index (κ3) is 2.79. The molecule has 4 nitrogen and oxygen atoms in total. The fourth-order valence-electron chi connectivity index (χ4n) is 2.09. The van der Waals surface area contributed by atoms with Gasteiger partial charge in [0, 0.05) is 12.7 Å². The van der Waals surface area contributed by atoms with Gasteiger partial charge in [0.05, 0.1) is 12.6 Å². The van der Waals surface area contributed by atoms with Crippen LogP contribution in [0.4, 0.5) is 4.39 Å². The lowest BCUT2D eigenvalue weighted by atomic mass is 10.0. The van der Waals surface area contributed by atoms with E-state index in [0.29, 0.717) is 12.2 Å². The van der Waals surface area contributed by atoms with Crippen molar-refractivity contribution in [1.29, 1.82) is 0 Å². The molecule has 0 bridgehead atoms. The number of rotatable bonds is 3. The fraction of sp³-hybridized carbons (Fsp3) is 0.462. The van der Waals surface area contributed by atoms with Gasteiger partial charge < -0.3 is 14.8 Å². The summed E-state index contributed by atoms with van der Waals surface area (Å²) in [5, 5.41) is 2.83. The number of nitrogens with one attached hydrogen (secondary N) is 1. The molecular weight excluding hydrogens is 237 g/mol. The molecule has 0 fully saturated rings. The molecule has 1 aromatic carbocycles. The van der Waals surface area contributed by atoms with Crippen LogP contribution in [-0.2, 0) is 9.53 Å². The minimum Gasteiger partial charge on any atom is -0.490 e. The molecule has 0 saturated carbocycles. The lowest BCUT2D eigenvalue weighted by Crippen LogP contribution is -2.31. The zero-order valence-corrected chi connectivity index (χ0v) is 10.2. The summed E-state index contributed by atoms with van der Waals surface area (Å²) >= 11 is 0. The van der Waals surface area contributed by atoms with Crippen LogP contribution in [0.3, 0.4) is 0 Å². The molecule has 1 amide bonds. The number of halogens is 1. The summed E-state index contributed by atoms with van der Waals surface area (Å²) < 4.78 is 23.8. The van der Waals surface area contributed by atoms with Gasteiger partial charge in [-0.25, -0.2) is 4.39 Å². The Bertz CT molecular complexity index is 436. The van der Waals surface area contributed by atoms with E-state index < -0.39 is 0 Å². The van der Waals surface area contributed by atoms with Crippen molar-refractivity contribution in [3.8, 4) is 5.75 Å². The van der Waals surface area contributed by atoms with Crippen LogP contribution in [0.15, 0.2) is 18.2 Å². The lowest BCUT2D eigenvalue weighted by molar-refractivity contribution is -0.125. The second-order valence-electron chi connectivity index (χ2n) is 4.20. The van der Waals surface area contributed by atoms with Crippen molar-refractivity contribution < 1.29 is 18.7 Å². The minimum atomic E-state index is -0.389. The van der Waals surface area contributed by atoms with E-state index in [9.17, 15) is 9.18 Å². The average molecular weight is 253 g/mol. The second-order valence-corrected chi connectivity index (χ2v) is 4.20. The van der Waals surface area contributed by atoms with Crippen LogP contribution < -0.4 is 10.1 Å². The summed E-state index contributed by atoms with van der Waals surface area (Å²) in [6.45, 7) is 0.465. The van der Waals surface area contributed by atoms with Crippen LogP contribution >= 0.6 is 0 Å². The normalized spacial score (nSPS) is 18.4. The first kappa shape index (κ1) is 12.8. The third-order valence-corrected chi connectivity index (χ3v) is 2.87. The minimum absolute atomic E-state index is 0.00199. The van der Waals surface area contributed by atoms with E-state index in [1.165, 1.54) is 13.2 Å². The van der Waals surface area contributed by atoms with E-state index in [-0.39, 0.29) is 30.1 Å². The van der Waals surface area contributed by atoms with Crippen molar-refractivity contribution in [2.45, 2.75) is 18.9 Å². The van der Waals surface area contributed by atoms with Gasteiger partial charge in [0.1, 0.15) is 6.61 Å². The number of carbonyl (C=O) groups is 1. The highest BCUT2D eigenvalue weighted by Gasteiger charge is 2.23. The van der Waals surface area contributed by atoms with E-state index in [1.54, 1.807) is 12.1 Å². The van der Waals surface area contributed by atoms with Gasteiger partial charge in [-0.15, -0.1) is 0 Å². The lowest BCUT2D eigenvalue weighted by Gasteiger charge is -2.18. The van der Waals surface area contributed by atoms with Crippen LogP contribution in [0.1, 0.15) is 24.4 Å². The maximum absolute atomic E-state index is 13.6. The van der Waals surface area contributed by atoms with Crippen molar-refractivity contribution in [3.63, 3.8) is 0 Å². The molecule has 5 heteroatoms. The number of carbonyl (C=O) groups excluding carboxylic acids is 1. The highest BCUT2D eigenvalue weighted by molar-refractivity contribution is 5.77. The van der Waals surface area contributed by atoms with E-state index in [1.807, 2.05) is 0 Å². The van der Waals surface area contributed by atoms with Gasteiger partial charge in [-0.3, -0.25) is 4.79 Å². The Labute approximate surface area is 105 Å². The first-order chi connectivity index (χ1) is 8.72. The van der Waals surface area contributed by atoms with E-state index in [2.05, 4.69) is 5.32 Å². The molecule has 0 saturated heterocycles. The molecule has 1 unspecified atom stereocenters. The predicted molar refractivity (Wildman–Crippen MR) is 63.9 cm³/mol. The smallest absolute Gasteiger partial charge is 0.246 e. The number of para-hydroxylation sites is 1. The highest BCUT2D eigenvalue weighted by Crippen LogP contribution is 2.33. The molecule has 1 aliphatic rings.